The van der Waals surface area contributed by atoms with Crippen molar-refractivity contribution >= 4 is 6.29 Å². The Morgan fingerprint density at radius 3 is 2.92 bits per heavy atom. The molecular formula is C10H16N2O. The monoisotopic (exact) mass is 180 g/mol. The van der Waals surface area contributed by atoms with Crippen LogP contribution in [0.3, 0.4) is 0 Å². The second kappa shape index (κ2) is 4.82. The number of nitrogens with zero attached hydrogens (tertiary/aromatic N) is 1. The first-order chi connectivity index (χ1) is 6.24. The van der Waals surface area contributed by atoms with Crippen molar-refractivity contribution < 1.29 is 4.79 Å². The standard InChI is InChI=1S/C10H16N2O/c1-12(2)7-3-4-9-5-6-11-10(9)8-13/h5-6,8,11H,3-4,7H2,1-2H3. The van der Waals surface area contributed by atoms with Crippen LogP contribution in [0.5, 0.6) is 0 Å². The lowest BCUT2D eigenvalue weighted by atomic mass is 10.1. The Labute approximate surface area is 78.8 Å². The molecule has 1 rings (SSSR count). The molecule has 0 aliphatic carbocycles. The zero-order valence-corrected chi connectivity index (χ0v) is 8.21. The SMILES string of the molecule is CN(C)CCCc1cc[nH]c1C=O. The maximum atomic E-state index is 10.5. The number of rotatable bonds is 5. The summed E-state index contributed by atoms with van der Waals surface area (Å²) in [6, 6.07) is 1.97. The molecule has 0 saturated heterocycles. The topological polar surface area (TPSA) is 36.1 Å². The first-order valence-corrected chi connectivity index (χ1v) is 4.50. The number of carbonyl (C=O) groups excluding carboxylic acids is 1. The van der Waals surface area contributed by atoms with Gasteiger partial charge in [0, 0.05) is 6.20 Å². The molecule has 13 heavy (non-hydrogen) atoms. The first-order valence-electron chi connectivity index (χ1n) is 4.50. The van der Waals surface area contributed by atoms with E-state index in [-0.39, 0.29) is 0 Å². The van der Waals surface area contributed by atoms with E-state index in [1.54, 1.807) is 0 Å². The molecule has 0 aliphatic heterocycles. The fourth-order valence-corrected chi connectivity index (χ4v) is 1.33. The second-order valence-corrected chi connectivity index (χ2v) is 3.44. The molecule has 1 N–H and O–H groups in total. The van der Waals surface area contributed by atoms with Crippen molar-refractivity contribution in [3.8, 4) is 0 Å². The summed E-state index contributed by atoms with van der Waals surface area (Å²) in [5.74, 6) is 0. The normalized spacial score (nSPS) is 10.7. The Morgan fingerprint density at radius 2 is 2.31 bits per heavy atom. The van der Waals surface area contributed by atoms with Gasteiger partial charge in [0.2, 0.25) is 0 Å². The number of hydrogen-bond acceptors (Lipinski definition) is 2. The van der Waals surface area contributed by atoms with E-state index >= 15 is 0 Å². The molecule has 1 heterocycles. The highest BCUT2D eigenvalue weighted by molar-refractivity contribution is 5.74. The number of aryl methyl sites for hydroxylation is 1. The van der Waals surface area contributed by atoms with Crippen molar-refractivity contribution in [2.45, 2.75) is 12.8 Å². The van der Waals surface area contributed by atoms with Crippen molar-refractivity contribution in [2.75, 3.05) is 20.6 Å². The minimum atomic E-state index is 0.721. The summed E-state index contributed by atoms with van der Waals surface area (Å²) in [5, 5.41) is 0. The molecule has 0 fully saturated rings. The summed E-state index contributed by atoms with van der Waals surface area (Å²) in [5.41, 5.74) is 1.84. The zero-order valence-electron chi connectivity index (χ0n) is 8.21. The summed E-state index contributed by atoms with van der Waals surface area (Å²) >= 11 is 0. The lowest BCUT2D eigenvalue weighted by molar-refractivity contribution is 0.111. The van der Waals surface area contributed by atoms with Crippen molar-refractivity contribution in [1.82, 2.24) is 9.88 Å². The average molecular weight is 180 g/mol. The van der Waals surface area contributed by atoms with Gasteiger partial charge in [-0.2, -0.15) is 0 Å². The van der Waals surface area contributed by atoms with E-state index in [0.717, 1.165) is 36.9 Å². The van der Waals surface area contributed by atoms with Crippen LogP contribution in [0.25, 0.3) is 0 Å². The van der Waals surface area contributed by atoms with Crippen LogP contribution in [0.4, 0.5) is 0 Å². The third-order valence-corrected chi connectivity index (χ3v) is 2.04. The lowest BCUT2D eigenvalue weighted by Crippen LogP contribution is -2.13. The Kier molecular flexibility index (Phi) is 3.71. The summed E-state index contributed by atoms with van der Waals surface area (Å²) in [7, 11) is 4.11. The summed E-state index contributed by atoms with van der Waals surface area (Å²) in [4.78, 5) is 15.6. The van der Waals surface area contributed by atoms with E-state index in [4.69, 9.17) is 0 Å². The van der Waals surface area contributed by atoms with Crippen LogP contribution in [0, 0.1) is 0 Å². The van der Waals surface area contributed by atoms with Crippen LogP contribution in [0.15, 0.2) is 12.3 Å². The van der Waals surface area contributed by atoms with Crippen molar-refractivity contribution in [3.05, 3.63) is 23.5 Å². The fourth-order valence-electron chi connectivity index (χ4n) is 1.33. The Balaban J connectivity index is 2.40. The van der Waals surface area contributed by atoms with E-state index in [9.17, 15) is 4.79 Å². The summed E-state index contributed by atoms with van der Waals surface area (Å²) < 4.78 is 0. The average Bonchev–Trinajstić information content (AvgIpc) is 2.51. The number of carbonyl (C=O) groups is 1. The maximum absolute atomic E-state index is 10.5. The number of aldehydes is 1. The van der Waals surface area contributed by atoms with Gasteiger partial charge in [0.1, 0.15) is 0 Å². The van der Waals surface area contributed by atoms with Crippen molar-refractivity contribution in [3.63, 3.8) is 0 Å². The molecule has 1 aromatic heterocycles. The van der Waals surface area contributed by atoms with E-state index < -0.39 is 0 Å². The van der Waals surface area contributed by atoms with E-state index in [1.807, 2.05) is 12.3 Å². The minimum absolute atomic E-state index is 0.721. The number of aromatic amines is 1. The van der Waals surface area contributed by atoms with Crippen molar-refractivity contribution in [1.29, 1.82) is 0 Å². The van der Waals surface area contributed by atoms with Gasteiger partial charge in [-0.05, 0) is 45.1 Å². The van der Waals surface area contributed by atoms with Crippen LogP contribution in [-0.2, 0) is 6.42 Å². The van der Waals surface area contributed by atoms with Crippen LogP contribution < -0.4 is 0 Å². The van der Waals surface area contributed by atoms with Gasteiger partial charge in [0.15, 0.2) is 6.29 Å². The van der Waals surface area contributed by atoms with Crippen LogP contribution >= 0.6 is 0 Å². The molecule has 0 atom stereocenters. The quantitative estimate of drug-likeness (QED) is 0.694. The van der Waals surface area contributed by atoms with E-state index in [0.29, 0.717) is 0 Å². The Morgan fingerprint density at radius 1 is 1.54 bits per heavy atom. The number of aromatic nitrogens is 1. The molecule has 0 amide bonds. The Hall–Kier alpha value is -1.09. The lowest BCUT2D eigenvalue weighted by Gasteiger charge is -2.08. The molecule has 0 aliphatic rings. The van der Waals surface area contributed by atoms with Crippen LogP contribution in [0.1, 0.15) is 22.5 Å². The van der Waals surface area contributed by atoms with Gasteiger partial charge in [-0.1, -0.05) is 0 Å². The zero-order chi connectivity index (χ0) is 9.68. The molecule has 0 spiro atoms. The van der Waals surface area contributed by atoms with Crippen LogP contribution in [-0.4, -0.2) is 36.8 Å². The molecule has 1 aromatic rings. The fraction of sp³-hybridized carbons (Fsp3) is 0.500. The molecular weight excluding hydrogens is 164 g/mol. The molecule has 0 radical (unpaired) electrons. The van der Waals surface area contributed by atoms with Gasteiger partial charge in [-0.25, -0.2) is 0 Å². The predicted octanol–water partition coefficient (Wildman–Crippen LogP) is 1.32. The maximum Gasteiger partial charge on any atom is 0.166 e. The van der Waals surface area contributed by atoms with Crippen molar-refractivity contribution in [2.24, 2.45) is 0 Å². The molecule has 72 valence electrons. The molecule has 3 nitrogen and oxygen atoms in total. The first kappa shape index (κ1) is 9.99. The minimum Gasteiger partial charge on any atom is -0.359 e. The van der Waals surface area contributed by atoms with Gasteiger partial charge in [0.25, 0.3) is 0 Å². The highest BCUT2D eigenvalue weighted by Gasteiger charge is 2.01. The highest BCUT2D eigenvalue weighted by Crippen LogP contribution is 2.07. The van der Waals surface area contributed by atoms with Gasteiger partial charge in [-0.3, -0.25) is 4.79 Å². The van der Waals surface area contributed by atoms with Gasteiger partial charge >= 0.3 is 0 Å². The number of hydrogen-bond donors (Lipinski definition) is 1. The van der Waals surface area contributed by atoms with Gasteiger partial charge in [0.05, 0.1) is 5.69 Å². The Bertz CT molecular complexity index is 266. The largest absolute Gasteiger partial charge is 0.359 e. The second-order valence-electron chi connectivity index (χ2n) is 3.44. The van der Waals surface area contributed by atoms with E-state index in [1.165, 1.54) is 0 Å². The van der Waals surface area contributed by atoms with E-state index in [2.05, 4.69) is 24.0 Å². The molecule has 3 heteroatoms. The van der Waals surface area contributed by atoms with Gasteiger partial charge in [-0.15, -0.1) is 0 Å². The number of nitrogens with one attached hydrogen (secondary N) is 1. The number of H-pyrrole nitrogens is 1. The third kappa shape index (κ3) is 3.03. The summed E-state index contributed by atoms with van der Waals surface area (Å²) in [6.07, 6.45) is 4.75. The van der Waals surface area contributed by atoms with Gasteiger partial charge < -0.3 is 9.88 Å². The predicted molar refractivity (Wildman–Crippen MR) is 53.1 cm³/mol. The smallest absolute Gasteiger partial charge is 0.166 e. The summed E-state index contributed by atoms with van der Waals surface area (Å²) in [6.45, 7) is 1.06. The highest BCUT2D eigenvalue weighted by atomic mass is 16.1. The molecule has 0 bridgehead atoms. The molecule has 0 saturated carbocycles. The third-order valence-electron chi connectivity index (χ3n) is 2.04. The molecule has 0 unspecified atom stereocenters. The molecule has 0 aromatic carbocycles. The van der Waals surface area contributed by atoms with Crippen LogP contribution in [0.2, 0.25) is 0 Å².